The molecule has 132 valence electrons. The number of rotatable bonds is 4. The molecule has 1 aromatic heterocycles. The van der Waals surface area contributed by atoms with Gasteiger partial charge in [-0.3, -0.25) is 4.79 Å². The van der Waals surface area contributed by atoms with Gasteiger partial charge in [-0.2, -0.15) is 0 Å². The van der Waals surface area contributed by atoms with Gasteiger partial charge in [0.05, 0.1) is 6.04 Å². The van der Waals surface area contributed by atoms with Crippen molar-refractivity contribution in [2.75, 3.05) is 11.1 Å². The normalized spacial score (nSPS) is 18.8. The number of carbonyl (C=O) groups is 1. The van der Waals surface area contributed by atoms with Gasteiger partial charge in [0.2, 0.25) is 0 Å². The summed E-state index contributed by atoms with van der Waals surface area (Å²) in [4.78, 5) is 12.6. The first-order valence-electron chi connectivity index (χ1n) is 8.81. The predicted octanol–water partition coefficient (Wildman–Crippen LogP) is 2.43. The van der Waals surface area contributed by atoms with Gasteiger partial charge in [0, 0.05) is 12.0 Å². The summed E-state index contributed by atoms with van der Waals surface area (Å²) in [6.07, 6.45) is 0.908. The lowest BCUT2D eigenvalue weighted by atomic mass is 9.99. The molecule has 0 amide bonds. The van der Waals surface area contributed by atoms with Gasteiger partial charge in [-0.25, -0.2) is 4.57 Å². The molecule has 26 heavy (non-hydrogen) atoms. The highest BCUT2D eigenvalue weighted by Gasteiger charge is 2.36. The Balaban J connectivity index is 1.70. The first-order chi connectivity index (χ1) is 12.6. The van der Waals surface area contributed by atoms with E-state index in [9.17, 15) is 4.79 Å². The van der Waals surface area contributed by atoms with E-state index in [0.29, 0.717) is 11.5 Å². The van der Waals surface area contributed by atoms with Crippen LogP contribution in [-0.2, 0) is 6.54 Å². The Labute approximate surface area is 152 Å². The summed E-state index contributed by atoms with van der Waals surface area (Å²) in [6.45, 7) is 2.29. The fraction of sp³-hybridized carbons (Fsp3) is 0.250. The SMILES string of the molecule is C[C@@H]1C[C@H](c2ccccc2)n2nc(N)[n+](CC(=O)c3ccccc3)c2N1. The molecule has 6 heteroatoms. The molecule has 0 radical (unpaired) electrons. The maximum atomic E-state index is 12.6. The Hall–Kier alpha value is -3.15. The second-order valence-electron chi connectivity index (χ2n) is 6.71. The van der Waals surface area contributed by atoms with Crippen LogP contribution in [0.1, 0.15) is 35.3 Å². The summed E-state index contributed by atoms with van der Waals surface area (Å²) in [5.41, 5.74) is 8.03. The lowest BCUT2D eigenvalue weighted by Crippen LogP contribution is -2.45. The van der Waals surface area contributed by atoms with Gasteiger partial charge >= 0.3 is 11.9 Å². The van der Waals surface area contributed by atoms with Crippen LogP contribution >= 0.6 is 0 Å². The summed E-state index contributed by atoms with van der Waals surface area (Å²) >= 11 is 0. The third-order valence-corrected chi connectivity index (χ3v) is 4.79. The average molecular weight is 348 g/mol. The zero-order chi connectivity index (χ0) is 18.1. The monoisotopic (exact) mass is 348 g/mol. The lowest BCUT2D eigenvalue weighted by Gasteiger charge is -2.26. The summed E-state index contributed by atoms with van der Waals surface area (Å²) < 4.78 is 3.67. The number of hydrogen-bond acceptors (Lipinski definition) is 4. The van der Waals surface area contributed by atoms with Crippen molar-refractivity contribution in [2.45, 2.75) is 32.0 Å². The predicted molar refractivity (Wildman–Crippen MR) is 99.9 cm³/mol. The fourth-order valence-corrected chi connectivity index (χ4v) is 3.49. The molecule has 0 spiro atoms. The molecular weight excluding hydrogens is 326 g/mol. The fourth-order valence-electron chi connectivity index (χ4n) is 3.49. The maximum absolute atomic E-state index is 12.6. The highest BCUT2D eigenvalue weighted by Crippen LogP contribution is 2.30. The molecular formula is C20H22N5O+. The average Bonchev–Trinajstić information content (AvgIpc) is 2.98. The van der Waals surface area contributed by atoms with Crippen LogP contribution in [-0.4, -0.2) is 21.6 Å². The molecule has 2 aromatic carbocycles. The molecule has 0 bridgehead atoms. The van der Waals surface area contributed by atoms with Crippen molar-refractivity contribution in [2.24, 2.45) is 0 Å². The summed E-state index contributed by atoms with van der Waals surface area (Å²) in [5.74, 6) is 1.13. The number of nitrogen functional groups attached to an aromatic ring is 1. The minimum atomic E-state index is 0.00869. The van der Waals surface area contributed by atoms with Gasteiger partial charge in [0.15, 0.2) is 5.78 Å². The highest BCUT2D eigenvalue weighted by atomic mass is 16.1. The third kappa shape index (κ3) is 2.94. The van der Waals surface area contributed by atoms with Gasteiger partial charge in [0.1, 0.15) is 12.6 Å². The first kappa shape index (κ1) is 16.3. The highest BCUT2D eigenvalue weighted by molar-refractivity contribution is 5.95. The molecule has 0 unspecified atom stereocenters. The van der Waals surface area contributed by atoms with Crippen LogP contribution in [0.2, 0.25) is 0 Å². The van der Waals surface area contributed by atoms with Crippen molar-refractivity contribution in [3.63, 3.8) is 0 Å². The largest absolute Gasteiger partial charge is 0.347 e. The molecule has 1 aliphatic heterocycles. The maximum Gasteiger partial charge on any atom is 0.347 e. The second kappa shape index (κ2) is 6.63. The quantitative estimate of drug-likeness (QED) is 0.561. The molecule has 2 heterocycles. The standard InChI is InChI=1S/C20H21N5O/c1-14-12-17(15-8-4-2-5-9-15)25-20(22-14)24(19(21)23-25)13-18(26)16-10-6-3-7-11-16/h2-11,14,17H,12-13H2,1H3,(H2,21,23)/p+1/t14-,17-/m1/s1. The van der Waals surface area contributed by atoms with Crippen molar-refractivity contribution in [3.05, 3.63) is 71.8 Å². The minimum absolute atomic E-state index is 0.00869. The zero-order valence-corrected chi connectivity index (χ0v) is 14.7. The smallest absolute Gasteiger partial charge is 0.318 e. The number of nitrogens with two attached hydrogens (primary N) is 1. The summed E-state index contributed by atoms with van der Waals surface area (Å²) in [5, 5.41) is 7.97. The van der Waals surface area contributed by atoms with Gasteiger partial charge < -0.3 is 11.1 Å². The van der Waals surface area contributed by atoms with E-state index in [1.807, 2.05) is 53.2 Å². The number of nitrogens with zero attached hydrogens (tertiary/aromatic N) is 3. The molecule has 1 aliphatic rings. The molecule has 0 aliphatic carbocycles. The number of anilines is 2. The van der Waals surface area contributed by atoms with Crippen LogP contribution in [0.5, 0.6) is 0 Å². The van der Waals surface area contributed by atoms with Crippen LogP contribution in [0.3, 0.4) is 0 Å². The van der Waals surface area contributed by atoms with Crippen LogP contribution in [0, 0.1) is 0 Å². The van der Waals surface area contributed by atoms with E-state index in [0.717, 1.165) is 12.4 Å². The van der Waals surface area contributed by atoms with Crippen LogP contribution < -0.4 is 15.6 Å². The molecule has 3 aromatic rings. The van der Waals surface area contributed by atoms with Crippen molar-refractivity contribution >= 4 is 17.7 Å². The number of nitrogens with one attached hydrogen (secondary N) is 1. The van der Waals surface area contributed by atoms with E-state index < -0.39 is 0 Å². The molecule has 6 nitrogen and oxygen atoms in total. The van der Waals surface area contributed by atoms with Gasteiger partial charge in [-0.15, -0.1) is 4.68 Å². The lowest BCUT2D eigenvalue weighted by molar-refractivity contribution is -0.655. The van der Waals surface area contributed by atoms with Crippen molar-refractivity contribution in [1.29, 1.82) is 0 Å². The molecule has 0 saturated heterocycles. The minimum Gasteiger partial charge on any atom is -0.318 e. The van der Waals surface area contributed by atoms with Gasteiger partial charge in [-0.05, 0) is 17.6 Å². The van der Waals surface area contributed by atoms with Crippen LogP contribution in [0.15, 0.2) is 60.7 Å². The van der Waals surface area contributed by atoms with E-state index in [1.54, 1.807) is 4.57 Å². The number of carbonyl (C=O) groups excluding carboxylic acids is 1. The topological polar surface area (TPSA) is 76.8 Å². The third-order valence-electron chi connectivity index (χ3n) is 4.79. The van der Waals surface area contributed by atoms with Crippen LogP contribution in [0.25, 0.3) is 0 Å². The van der Waals surface area contributed by atoms with E-state index >= 15 is 0 Å². The van der Waals surface area contributed by atoms with E-state index in [1.165, 1.54) is 5.56 Å². The van der Waals surface area contributed by atoms with Crippen LogP contribution in [0.4, 0.5) is 11.9 Å². The Morgan fingerprint density at radius 3 is 2.54 bits per heavy atom. The number of Topliss-reactive ketones (excluding diaryl/α,β-unsaturated/α-hetero) is 1. The Morgan fingerprint density at radius 1 is 1.19 bits per heavy atom. The molecule has 2 atom stereocenters. The Bertz CT molecular complexity index is 920. The molecule has 0 saturated carbocycles. The summed E-state index contributed by atoms with van der Waals surface area (Å²) in [6, 6.07) is 19.9. The number of hydrogen-bond donors (Lipinski definition) is 2. The second-order valence-corrected chi connectivity index (χ2v) is 6.71. The van der Waals surface area contributed by atoms with E-state index in [-0.39, 0.29) is 24.4 Å². The first-order valence-corrected chi connectivity index (χ1v) is 8.81. The summed E-state index contributed by atoms with van der Waals surface area (Å²) in [7, 11) is 0. The zero-order valence-electron chi connectivity index (χ0n) is 14.7. The number of ketones is 1. The number of fused-ring (bicyclic) bond motifs is 1. The van der Waals surface area contributed by atoms with Crippen molar-refractivity contribution < 1.29 is 9.36 Å². The van der Waals surface area contributed by atoms with Gasteiger partial charge in [-0.1, -0.05) is 60.7 Å². The van der Waals surface area contributed by atoms with E-state index in [2.05, 4.69) is 29.5 Å². The molecule has 3 N–H and O–H groups in total. The van der Waals surface area contributed by atoms with Gasteiger partial charge in [0.25, 0.3) is 0 Å². The Morgan fingerprint density at radius 2 is 1.85 bits per heavy atom. The number of benzene rings is 2. The van der Waals surface area contributed by atoms with Crippen molar-refractivity contribution in [1.82, 2.24) is 9.78 Å². The molecule has 4 rings (SSSR count). The Kier molecular flexibility index (Phi) is 4.16. The van der Waals surface area contributed by atoms with E-state index in [4.69, 9.17) is 5.73 Å². The number of aromatic nitrogens is 3. The molecule has 0 fully saturated rings. The van der Waals surface area contributed by atoms with Crippen molar-refractivity contribution in [3.8, 4) is 0 Å².